The molecule has 30 heavy (non-hydrogen) atoms. The molecule has 1 fully saturated rings. The van der Waals surface area contributed by atoms with Gasteiger partial charge in [-0.1, -0.05) is 23.7 Å². The fourth-order valence-corrected chi connectivity index (χ4v) is 3.42. The third-order valence-corrected chi connectivity index (χ3v) is 5.08. The number of nitrogens with zero attached hydrogens (tertiary/aromatic N) is 2. The van der Waals surface area contributed by atoms with Gasteiger partial charge in [-0.3, -0.25) is 14.4 Å². The summed E-state index contributed by atoms with van der Waals surface area (Å²) < 4.78 is 26.3. The minimum absolute atomic E-state index is 0.0221. The molecule has 1 heterocycles. The highest BCUT2D eigenvalue weighted by atomic mass is 35.5. The normalized spacial score (nSPS) is 13.8. The molecule has 3 amide bonds. The zero-order chi connectivity index (χ0) is 21.7. The number of halogens is 3. The molecule has 2 aromatic rings. The van der Waals surface area contributed by atoms with E-state index in [0.29, 0.717) is 31.7 Å². The number of rotatable bonds is 5. The van der Waals surface area contributed by atoms with Crippen molar-refractivity contribution < 1.29 is 23.2 Å². The number of benzene rings is 2. The van der Waals surface area contributed by atoms with Gasteiger partial charge in [0.1, 0.15) is 11.6 Å². The summed E-state index contributed by atoms with van der Waals surface area (Å²) >= 11 is 5.95. The van der Waals surface area contributed by atoms with Crippen molar-refractivity contribution in [3.63, 3.8) is 0 Å². The highest BCUT2D eigenvalue weighted by Gasteiger charge is 2.26. The number of hydrogen-bond acceptors (Lipinski definition) is 3. The van der Waals surface area contributed by atoms with E-state index in [1.54, 1.807) is 15.9 Å². The summed E-state index contributed by atoms with van der Waals surface area (Å²) in [6, 6.07) is 9.31. The molecule has 2 aromatic carbocycles. The van der Waals surface area contributed by atoms with Crippen molar-refractivity contribution in [3.8, 4) is 0 Å². The SMILES string of the molecule is O=C(Cc1cccc(F)c1)NCC(=O)N1CCN(C(=O)c2ccc(F)cc2Cl)CC1. The van der Waals surface area contributed by atoms with E-state index in [1.165, 1.54) is 30.3 Å². The fourth-order valence-electron chi connectivity index (χ4n) is 3.17. The first kappa shape index (κ1) is 21.7. The lowest BCUT2D eigenvalue weighted by Gasteiger charge is -2.35. The Hall–Kier alpha value is -3.00. The number of hydrogen-bond donors (Lipinski definition) is 1. The van der Waals surface area contributed by atoms with E-state index < -0.39 is 11.6 Å². The summed E-state index contributed by atoms with van der Waals surface area (Å²) in [6.45, 7) is 1.04. The number of carbonyl (C=O) groups is 3. The van der Waals surface area contributed by atoms with Crippen molar-refractivity contribution in [2.24, 2.45) is 0 Å². The molecule has 0 spiro atoms. The molecule has 158 valence electrons. The first-order chi connectivity index (χ1) is 14.3. The van der Waals surface area contributed by atoms with Crippen LogP contribution < -0.4 is 5.32 Å². The Kier molecular flexibility index (Phi) is 6.99. The van der Waals surface area contributed by atoms with E-state index in [1.807, 2.05) is 0 Å². The minimum atomic E-state index is -0.522. The molecule has 0 aliphatic carbocycles. The predicted octanol–water partition coefficient (Wildman–Crippen LogP) is 2.26. The average Bonchev–Trinajstić information content (AvgIpc) is 2.72. The maximum atomic E-state index is 13.2. The van der Waals surface area contributed by atoms with E-state index in [2.05, 4.69) is 5.32 Å². The number of amides is 3. The molecule has 1 N–H and O–H groups in total. The Balaban J connectivity index is 1.45. The standard InChI is InChI=1S/C21H20ClF2N3O3/c22-18-12-16(24)4-5-17(18)21(30)27-8-6-26(7-9-27)20(29)13-25-19(28)11-14-2-1-3-15(23)10-14/h1-5,10,12H,6-9,11,13H2,(H,25,28). The van der Waals surface area contributed by atoms with Crippen molar-refractivity contribution in [2.75, 3.05) is 32.7 Å². The van der Waals surface area contributed by atoms with Crippen molar-refractivity contribution >= 4 is 29.3 Å². The topological polar surface area (TPSA) is 69.7 Å². The van der Waals surface area contributed by atoms with Crippen molar-refractivity contribution in [2.45, 2.75) is 6.42 Å². The first-order valence-electron chi connectivity index (χ1n) is 9.37. The Bertz CT molecular complexity index is 962. The molecule has 0 bridgehead atoms. The van der Waals surface area contributed by atoms with Crippen LogP contribution in [-0.2, 0) is 16.0 Å². The third kappa shape index (κ3) is 5.54. The number of piperazine rings is 1. The molecular weight excluding hydrogens is 416 g/mol. The van der Waals surface area contributed by atoms with Crippen LogP contribution in [0.25, 0.3) is 0 Å². The molecule has 9 heteroatoms. The minimum Gasteiger partial charge on any atom is -0.347 e. The van der Waals surface area contributed by atoms with Crippen LogP contribution in [0, 0.1) is 11.6 Å². The quantitative estimate of drug-likeness (QED) is 0.783. The molecule has 1 aliphatic heterocycles. The Morgan fingerprint density at radius 2 is 1.60 bits per heavy atom. The Morgan fingerprint density at radius 3 is 2.27 bits per heavy atom. The zero-order valence-electron chi connectivity index (χ0n) is 16.0. The monoisotopic (exact) mass is 435 g/mol. The average molecular weight is 436 g/mol. The summed E-state index contributed by atoms with van der Waals surface area (Å²) in [6.07, 6.45) is -0.0221. The van der Waals surface area contributed by atoms with Gasteiger partial charge in [0.15, 0.2) is 0 Å². The van der Waals surface area contributed by atoms with Gasteiger partial charge >= 0.3 is 0 Å². The first-order valence-corrected chi connectivity index (χ1v) is 9.74. The van der Waals surface area contributed by atoms with Crippen LogP contribution in [0.3, 0.4) is 0 Å². The van der Waals surface area contributed by atoms with Gasteiger partial charge in [-0.05, 0) is 35.9 Å². The van der Waals surface area contributed by atoms with Crippen LogP contribution in [0.1, 0.15) is 15.9 Å². The molecular formula is C21H20ClF2N3O3. The molecule has 0 aromatic heterocycles. The van der Waals surface area contributed by atoms with Crippen LogP contribution in [0.2, 0.25) is 5.02 Å². The largest absolute Gasteiger partial charge is 0.347 e. The highest BCUT2D eigenvalue weighted by Crippen LogP contribution is 2.20. The second-order valence-electron chi connectivity index (χ2n) is 6.88. The highest BCUT2D eigenvalue weighted by molar-refractivity contribution is 6.33. The summed E-state index contributed by atoms with van der Waals surface area (Å²) in [7, 11) is 0. The van der Waals surface area contributed by atoms with Gasteiger partial charge < -0.3 is 15.1 Å². The molecule has 6 nitrogen and oxygen atoms in total. The molecule has 0 saturated carbocycles. The summed E-state index contributed by atoms with van der Waals surface area (Å²) in [4.78, 5) is 40.0. The Morgan fingerprint density at radius 1 is 0.933 bits per heavy atom. The van der Waals surface area contributed by atoms with Gasteiger partial charge in [0.05, 0.1) is 23.6 Å². The van der Waals surface area contributed by atoms with Gasteiger partial charge in [0, 0.05) is 26.2 Å². The van der Waals surface area contributed by atoms with E-state index >= 15 is 0 Å². The van der Waals surface area contributed by atoms with Crippen molar-refractivity contribution in [1.29, 1.82) is 0 Å². The van der Waals surface area contributed by atoms with Crippen molar-refractivity contribution in [1.82, 2.24) is 15.1 Å². The fraction of sp³-hybridized carbons (Fsp3) is 0.286. The summed E-state index contributed by atoms with van der Waals surface area (Å²) in [5.41, 5.74) is 0.731. The second-order valence-corrected chi connectivity index (χ2v) is 7.29. The number of nitrogens with one attached hydrogen (secondary N) is 1. The van der Waals surface area contributed by atoms with E-state index in [0.717, 1.165) is 6.07 Å². The molecule has 0 unspecified atom stereocenters. The van der Waals surface area contributed by atoms with Gasteiger partial charge in [-0.15, -0.1) is 0 Å². The van der Waals surface area contributed by atoms with Crippen LogP contribution in [0.4, 0.5) is 8.78 Å². The number of carbonyl (C=O) groups excluding carboxylic acids is 3. The van der Waals surface area contributed by atoms with E-state index in [9.17, 15) is 23.2 Å². The van der Waals surface area contributed by atoms with Gasteiger partial charge in [0.25, 0.3) is 5.91 Å². The maximum Gasteiger partial charge on any atom is 0.255 e. The van der Waals surface area contributed by atoms with Crippen LogP contribution in [0.15, 0.2) is 42.5 Å². The van der Waals surface area contributed by atoms with E-state index in [4.69, 9.17) is 11.6 Å². The van der Waals surface area contributed by atoms with E-state index in [-0.39, 0.29) is 41.3 Å². The smallest absolute Gasteiger partial charge is 0.255 e. The van der Waals surface area contributed by atoms with Crippen LogP contribution in [0.5, 0.6) is 0 Å². The lowest BCUT2D eigenvalue weighted by atomic mass is 10.1. The zero-order valence-corrected chi connectivity index (χ0v) is 16.8. The van der Waals surface area contributed by atoms with Crippen LogP contribution in [-0.4, -0.2) is 60.2 Å². The van der Waals surface area contributed by atoms with Gasteiger partial charge in [0.2, 0.25) is 11.8 Å². The summed E-state index contributed by atoms with van der Waals surface area (Å²) in [5, 5.41) is 2.58. The van der Waals surface area contributed by atoms with Crippen LogP contribution >= 0.6 is 11.6 Å². The Labute approximate surface area is 177 Å². The maximum absolute atomic E-state index is 13.2. The third-order valence-electron chi connectivity index (χ3n) is 4.77. The van der Waals surface area contributed by atoms with Gasteiger partial charge in [-0.25, -0.2) is 8.78 Å². The second kappa shape index (κ2) is 9.67. The molecule has 1 saturated heterocycles. The predicted molar refractivity (Wildman–Crippen MR) is 107 cm³/mol. The lowest BCUT2D eigenvalue weighted by molar-refractivity contribution is -0.133. The molecule has 0 atom stereocenters. The molecule has 0 radical (unpaired) electrons. The molecule has 1 aliphatic rings. The molecule has 3 rings (SSSR count). The van der Waals surface area contributed by atoms with Gasteiger partial charge in [-0.2, -0.15) is 0 Å². The van der Waals surface area contributed by atoms with Crippen molar-refractivity contribution in [3.05, 3.63) is 70.2 Å². The lowest BCUT2D eigenvalue weighted by Crippen LogP contribution is -2.52. The summed E-state index contributed by atoms with van der Waals surface area (Å²) in [5.74, 6) is -1.92.